The van der Waals surface area contributed by atoms with Gasteiger partial charge in [0.15, 0.2) is 0 Å². The maximum Gasteiger partial charge on any atom is 0.321 e. The molecule has 0 aromatic carbocycles. The number of carbonyl (C=O) groups excluding carboxylic acids is 1. The van der Waals surface area contributed by atoms with Gasteiger partial charge in [-0.25, -0.2) is 17.5 Å². The van der Waals surface area contributed by atoms with Crippen LogP contribution < -0.4 is 5.32 Å². The van der Waals surface area contributed by atoms with Gasteiger partial charge in [0.05, 0.1) is 17.6 Å². The fraction of sp³-hybridized carbons (Fsp3) is 0.692. The van der Waals surface area contributed by atoms with E-state index in [-0.39, 0.29) is 6.03 Å². The third-order valence-corrected chi connectivity index (χ3v) is 5.00. The molecule has 1 aromatic rings. The lowest BCUT2D eigenvalue weighted by Gasteiger charge is -2.21. The van der Waals surface area contributed by atoms with E-state index in [4.69, 9.17) is 0 Å². The molecule has 0 radical (unpaired) electrons. The molecule has 1 aromatic heterocycles. The highest BCUT2D eigenvalue weighted by Gasteiger charge is 2.24. The minimum Gasteiger partial charge on any atom is -0.323 e. The van der Waals surface area contributed by atoms with Crippen molar-refractivity contribution in [3.63, 3.8) is 0 Å². The summed E-state index contributed by atoms with van der Waals surface area (Å²) in [5, 5.41) is 7.16. The zero-order valence-corrected chi connectivity index (χ0v) is 14.1. The quantitative estimate of drug-likeness (QED) is 0.874. The van der Waals surface area contributed by atoms with E-state index in [2.05, 4.69) is 10.4 Å². The molecule has 0 aliphatic carbocycles. The van der Waals surface area contributed by atoms with Crippen molar-refractivity contribution in [1.29, 1.82) is 0 Å². The molecule has 2 amide bonds. The van der Waals surface area contributed by atoms with E-state index in [0.717, 1.165) is 12.1 Å². The minimum absolute atomic E-state index is 0.210. The molecule has 124 valence electrons. The molecule has 1 saturated heterocycles. The Labute approximate surface area is 131 Å². The molecule has 9 heteroatoms. The zero-order valence-electron chi connectivity index (χ0n) is 13.2. The van der Waals surface area contributed by atoms with Crippen LogP contribution in [0.15, 0.2) is 6.20 Å². The van der Waals surface area contributed by atoms with E-state index in [0.29, 0.717) is 38.3 Å². The number of nitrogens with one attached hydrogen (secondary N) is 1. The van der Waals surface area contributed by atoms with Crippen LogP contribution in [0.4, 0.5) is 10.5 Å². The van der Waals surface area contributed by atoms with E-state index >= 15 is 0 Å². The molecule has 0 spiro atoms. The molecular weight excluding hydrogens is 306 g/mol. The second-order valence-electron chi connectivity index (χ2n) is 5.45. The third kappa shape index (κ3) is 3.98. The second-order valence-corrected chi connectivity index (χ2v) is 7.43. The van der Waals surface area contributed by atoms with Gasteiger partial charge < -0.3 is 10.2 Å². The molecule has 1 N–H and O–H groups in total. The van der Waals surface area contributed by atoms with Gasteiger partial charge >= 0.3 is 6.03 Å². The first-order valence-corrected chi connectivity index (χ1v) is 9.19. The smallest absolute Gasteiger partial charge is 0.321 e. The van der Waals surface area contributed by atoms with Gasteiger partial charge in [0.25, 0.3) is 0 Å². The predicted octanol–water partition coefficient (Wildman–Crippen LogP) is 0.482. The fourth-order valence-electron chi connectivity index (χ4n) is 2.52. The number of hydrogen-bond donors (Lipinski definition) is 1. The fourth-order valence-corrected chi connectivity index (χ4v) is 3.40. The highest BCUT2D eigenvalue weighted by molar-refractivity contribution is 7.88. The van der Waals surface area contributed by atoms with Crippen LogP contribution in [0.5, 0.6) is 0 Å². The number of aryl methyl sites for hydroxylation is 2. The Morgan fingerprint density at radius 2 is 2.05 bits per heavy atom. The number of nitrogens with zero attached hydrogens (tertiary/aromatic N) is 4. The van der Waals surface area contributed by atoms with Crippen molar-refractivity contribution < 1.29 is 13.2 Å². The molecule has 0 saturated carbocycles. The first kappa shape index (κ1) is 16.8. The highest BCUT2D eigenvalue weighted by atomic mass is 32.2. The summed E-state index contributed by atoms with van der Waals surface area (Å²) in [5.74, 6) is 0. The summed E-state index contributed by atoms with van der Waals surface area (Å²) in [6, 6.07) is -0.210. The lowest BCUT2D eigenvalue weighted by Crippen LogP contribution is -2.39. The monoisotopic (exact) mass is 329 g/mol. The molecule has 2 rings (SSSR count). The zero-order chi connectivity index (χ0) is 16.3. The Balaban J connectivity index is 2.01. The minimum atomic E-state index is -3.20. The van der Waals surface area contributed by atoms with E-state index < -0.39 is 10.0 Å². The first-order chi connectivity index (χ1) is 10.3. The van der Waals surface area contributed by atoms with E-state index in [9.17, 15) is 13.2 Å². The summed E-state index contributed by atoms with van der Waals surface area (Å²) in [5.41, 5.74) is 1.54. The molecule has 1 fully saturated rings. The van der Waals surface area contributed by atoms with Gasteiger partial charge in [-0.2, -0.15) is 5.10 Å². The molecule has 2 heterocycles. The Morgan fingerprint density at radius 3 is 2.68 bits per heavy atom. The normalized spacial score (nSPS) is 17.3. The number of hydrogen-bond acceptors (Lipinski definition) is 4. The molecule has 0 bridgehead atoms. The second kappa shape index (κ2) is 6.66. The Bertz CT molecular complexity index is 640. The van der Waals surface area contributed by atoms with E-state index in [1.54, 1.807) is 15.8 Å². The Hall–Kier alpha value is -1.61. The highest BCUT2D eigenvalue weighted by Crippen LogP contribution is 2.15. The van der Waals surface area contributed by atoms with Crippen LogP contribution in [0.1, 0.15) is 19.0 Å². The molecule has 0 atom stereocenters. The van der Waals surface area contributed by atoms with Crippen LogP contribution in [0.25, 0.3) is 0 Å². The van der Waals surface area contributed by atoms with Gasteiger partial charge in [0.1, 0.15) is 0 Å². The van der Waals surface area contributed by atoms with Crippen molar-refractivity contribution in [2.75, 3.05) is 37.8 Å². The van der Waals surface area contributed by atoms with E-state index in [1.165, 1.54) is 10.6 Å². The van der Waals surface area contributed by atoms with Crippen LogP contribution >= 0.6 is 0 Å². The van der Waals surface area contributed by atoms with Crippen molar-refractivity contribution >= 4 is 21.7 Å². The van der Waals surface area contributed by atoms with Gasteiger partial charge in [-0.1, -0.05) is 6.92 Å². The summed E-state index contributed by atoms with van der Waals surface area (Å²) < 4.78 is 26.3. The first-order valence-electron chi connectivity index (χ1n) is 7.35. The number of sulfonamides is 1. The van der Waals surface area contributed by atoms with Gasteiger partial charge in [0, 0.05) is 39.4 Å². The molecular formula is C13H23N5O3S. The molecule has 22 heavy (non-hydrogen) atoms. The summed E-state index contributed by atoms with van der Waals surface area (Å²) in [6.45, 7) is 3.70. The lowest BCUT2D eigenvalue weighted by molar-refractivity contribution is 0.214. The van der Waals surface area contributed by atoms with Crippen LogP contribution in [-0.2, 0) is 23.5 Å². The van der Waals surface area contributed by atoms with Crippen LogP contribution in [-0.4, -0.2) is 65.9 Å². The van der Waals surface area contributed by atoms with Crippen LogP contribution in [0, 0.1) is 0 Å². The number of aromatic nitrogens is 2. The lowest BCUT2D eigenvalue weighted by atomic mass is 10.3. The molecule has 8 nitrogen and oxygen atoms in total. The van der Waals surface area contributed by atoms with Crippen LogP contribution in [0.3, 0.4) is 0 Å². The predicted molar refractivity (Wildman–Crippen MR) is 84.2 cm³/mol. The number of carbonyl (C=O) groups is 1. The summed E-state index contributed by atoms with van der Waals surface area (Å²) in [6.07, 6.45) is 4.34. The van der Waals surface area contributed by atoms with Crippen molar-refractivity contribution in [2.24, 2.45) is 7.05 Å². The van der Waals surface area contributed by atoms with Crippen molar-refractivity contribution in [3.8, 4) is 0 Å². The average Bonchev–Trinajstić information content (AvgIpc) is 2.65. The Kier molecular flexibility index (Phi) is 5.07. The standard InChI is InChI=1S/C13H23N5O3S/c1-4-11-12(10-16(2)15-11)14-13(19)17-6-5-7-18(9-8-17)22(3,20)21/h10H,4-9H2,1-3H3,(H,14,19). The number of anilines is 1. The van der Waals surface area contributed by atoms with Gasteiger partial charge in [-0.05, 0) is 12.8 Å². The largest absolute Gasteiger partial charge is 0.323 e. The Morgan fingerprint density at radius 1 is 1.32 bits per heavy atom. The summed E-state index contributed by atoms with van der Waals surface area (Å²) >= 11 is 0. The van der Waals surface area contributed by atoms with Crippen molar-refractivity contribution in [3.05, 3.63) is 11.9 Å². The van der Waals surface area contributed by atoms with Crippen LogP contribution in [0.2, 0.25) is 0 Å². The van der Waals surface area contributed by atoms with Crippen molar-refractivity contribution in [1.82, 2.24) is 19.0 Å². The van der Waals surface area contributed by atoms with Gasteiger partial charge in [-0.3, -0.25) is 4.68 Å². The molecule has 0 unspecified atom stereocenters. The van der Waals surface area contributed by atoms with E-state index in [1.807, 2.05) is 14.0 Å². The number of amides is 2. The average molecular weight is 329 g/mol. The molecule has 1 aliphatic rings. The third-order valence-electron chi connectivity index (χ3n) is 3.69. The number of rotatable bonds is 3. The van der Waals surface area contributed by atoms with Gasteiger partial charge in [-0.15, -0.1) is 0 Å². The number of urea groups is 1. The van der Waals surface area contributed by atoms with Gasteiger partial charge in [0.2, 0.25) is 10.0 Å². The van der Waals surface area contributed by atoms with Crippen molar-refractivity contribution in [2.45, 2.75) is 19.8 Å². The topological polar surface area (TPSA) is 87.5 Å². The molecule has 1 aliphatic heterocycles. The SMILES string of the molecule is CCc1nn(C)cc1NC(=O)N1CCCN(S(C)(=O)=O)CC1. The summed E-state index contributed by atoms with van der Waals surface area (Å²) in [7, 11) is -1.39. The maximum atomic E-state index is 12.4. The summed E-state index contributed by atoms with van der Waals surface area (Å²) in [4.78, 5) is 14.0. The maximum absolute atomic E-state index is 12.4.